The number of thiocarbonyl (C=S) groups is 1. The van der Waals surface area contributed by atoms with E-state index in [1.807, 2.05) is 30.3 Å². The van der Waals surface area contributed by atoms with Gasteiger partial charge in [-0.05, 0) is 61.3 Å². The van der Waals surface area contributed by atoms with Crippen molar-refractivity contribution in [2.24, 2.45) is 0 Å². The molecule has 1 heterocycles. The zero-order valence-electron chi connectivity index (χ0n) is 21.8. The first kappa shape index (κ1) is 26.2. The highest BCUT2D eigenvalue weighted by molar-refractivity contribution is 7.80. The minimum atomic E-state index is -0.156. The number of ether oxygens (including phenoxy) is 2. The summed E-state index contributed by atoms with van der Waals surface area (Å²) in [6.07, 6.45) is 1.69. The minimum Gasteiger partial charge on any atom is -0.493 e. The summed E-state index contributed by atoms with van der Waals surface area (Å²) in [5, 5.41) is 4.87. The number of pyridine rings is 1. The molecule has 0 aliphatic heterocycles. The van der Waals surface area contributed by atoms with Gasteiger partial charge in [0.15, 0.2) is 16.6 Å². The molecule has 0 aliphatic rings. The Morgan fingerprint density at radius 3 is 2.46 bits per heavy atom. The Balaban J connectivity index is 1.65. The van der Waals surface area contributed by atoms with Crippen LogP contribution in [-0.4, -0.2) is 35.8 Å². The summed E-state index contributed by atoms with van der Waals surface area (Å²) in [6, 6.07) is 22.2. The van der Waals surface area contributed by atoms with Gasteiger partial charge in [0.25, 0.3) is 5.56 Å². The number of hydrogen-bond donors (Lipinski definition) is 2. The lowest BCUT2D eigenvalue weighted by molar-refractivity contribution is 0.355. The number of hydrogen-bond acceptors (Lipinski definition) is 4. The number of para-hydroxylation sites is 1. The summed E-state index contributed by atoms with van der Waals surface area (Å²) < 4.78 is 10.8. The van der Waals surface area contributed by atoms with E-state index in [0.29, 0.717) is 40.8 Å². The molecule has 0 unspecified atom stereocenters. The second kappa shape index (κ2) is 11.9. The van der Waals surface area contributed by atoms with Gasteiger partial charge in [0, 0.05) is 29.2 Å². The molecule has 0 bridgehead atoms. The maximum atomic E-state index is 13.1. The predicted molar refractivity (Wildman–Crippen MR) is 155 cm³/mol. The van der Waals surface area contributed by atoms with E-state index < -0.39 is 0 Å². The lowest BCUT2D eigenvalue weighted by atomic mass is 10.1. The van der Waals surface area contributed by atoms with Crippen molar-refractivity contribution in [2.75, 3.05) is 26.1 Å². The van der Waals surface area contributed by atoms with Crippen LogP contribution in [0, 0.1) is 6.92 Å². The van der Waals surface area contributed by atoms with Crippen LogP contribution in [0.4, 0.5) is 5.69 Å². The van der Waals surface area contributed by atoms with Gasteiger partial charge in [0.1, 0.15) is 0 Å². The molecular weight excluding hydrogens is 482 g/mol. The van der Waals surface area contributed by atoms with Gasteiger partial charge in [0.2, 0.25) is 0 Å². The third kappa shape index (κ3) is 6.30. The van der Waals surface area contributed by atoms with Crippen molar-refractivity contribution >= 4 is 33.9 Å². The fourth-order valence-corrected chi connectivity index (χ4v) is 4.70. The van der Waals surface area contributed by atoms with Crippen LogP contribution in [0.5, 0.6) is 11.5 Å². The minimum absolute atomic E-state index is 0.156. The normalized spacial score (nSPS) is 10.8. The van der Waals surface area contributed by atoms with Crippen LogP contribution >= 0.6 is 12.2 Å². The van der Waals surface area contributed by atoms with Crippen molar-refractivity contribution < 1.29 is 9.47 Å². The van der Waals surface area contributed by atoms with Crippen molar-refractivity contribution in [3.63, 3.8) is 0 Å². The highest BCUT2D eigenvalue weighted by atomic mass is 32.1. The van der Waals surface area contributed by atoms with Gasteiger partial charge in [-0.3, -0.25) is 4.79 Å². The molecule has 2 N–H and O–H groups in total. The largest absolute Gasteiger partial charge is 0.493 e. The summed E-state index contributed by atoms with van der Waals surface area (Å²) in [4.78, 5) is 18.2. The molecule has 0 spiro atoms. The average molecular weight is 516 g/mol. The third-order valence-corrected chi connectivity index (χ3v) is 6.83. The zero-order valence-corrected chi connectivity index (χ0v) is 22.6. The van der Waals surface area contributed by atoms with Gasteiger partial charge in [-0.2, -0.15) is 0 Å². The topological polar surface area (TPSA) is 66.6 Å². The summed E-state index contributed by atoms with van der Waals surface area (Å²) in [5.41, 5.74) is 5.78. The second-order valence-electron chi connectivity index (χ2n) is 9.02. The van der Waals surface area contributed by atoms with E-state index in [9.17, 15) is 4.79 Å². The molecular formula is C30H33N3O3S. The predicted octanol–water partition coefficient (Wildman–Crippen LogP) is 5.86. The standard InChI is InChI=1S/C30H33N3O3S/c1-5-22-11-6-7-12-25(22)32-30(37)33(14-13-21-10-8-9-20(2)15-21)19-24-16-23-17-27(35-3)28(36-4)18-26(23)31-29(24)34/h6-12,15-18H,5,13-14,19H2,1-4H3,(H,31,34)(H,32,37). The van der Waals surface area contributed by atoms with E-state index in [2.05, 4.69) is 59.4 Å². The zero-order chi connectivity index (χ0) is 26.4. The monoisotopic (exact) mass is 515 g/mol. The summed E-state index contributed by atoms with van der Waals surface area (Å²) in [5.74, 6) is 1.18. The van der Waals surface area contributed by atoms with Crippen LogP contribution in [0.2, 0.25) is 0 Å². The molecule has 4 rings (SSSR count). The fraction of sp³-hybridized carbons (Fsp3) is 0.267. The van der Waals surface area contributed by atoms with Crippen LogP contribution in [0.1, 0.15) is 29.2 Å². The van der Waals surface area contributed by atoms with Crippen LogP contribution in [0.3, 0.4) is 0 Å². The SMILES string of the molecule is CCc1ccccc1NC(=S)N(CCc1cccc(C)c1)Cc1cc2cc(OC)c(OC)cc2[nH]c1=O. The van der Waals surface area contributed by atoms with Gasteiger partial charge < -0.3 is 24.7 Å². The Kier molecular flexibility index (Phi) is 8.46. The first-order chi connectivity index (χ1) is 17.9. The number of rotatable bonds is 9. The van der Waals surface area contributed by atoms with Gasteiger partial charge in [-0.25, -0.2) is 0 Å². The summed E-state index contributed by atoms with van der Waals surface area (Å²) in [6.45, 7) is 5.24. The number of methoxy groups -OCH3 is 2. The maximum Gasteiger partial charge on any atom is 0.253 e. The second-order valence-corrected chi connectivity index (χ2v) is 9.41. The molecule has 0 aliphatic carbocycles. The lowest BCUT2D eigenvalue weighted by Crippen LogP contribution is -2.37. The quantitative estimate of drug-likeness (QED) is 0.272. The number of fused-ring (bicyclic) bond motifs is 1. The molecule has 4 aromatic rings. The van der Waals surface area contributed by atoms with Crippen molar-refractivity contribution in [1.29, 1.82) is 0 Å². The molecule has 0 saturated heterocycles. The number of anilines is 1. The summed E-state index contributed by atoms with van der Waals surface area (Å²) >= 11 is 5.88. The molecule has 7 heteroatoms. The maximum absolute atomic E-state index is 13.1. The number of H-pyrrole nitrogens is 1. The van der Waals surface area contributed by atoms with E-state index in [-0.39, 0.29) is 5.56 Å². The van der Waals surface area contributed by atoms with E-state index in [0.717, 1.165) is 23.9 Å². The number of nitrogens with one attached hydrogen (secondary N) is 2. The average Bonchev–Trinajstić information content (AvgIpc) is 2.90. The van der Waals surface area contributed by atoms with Crippen molar-refractivity contribution in [2.45, 2.75) is 33.2 Å². The summed E-state index contributed by atoms with van der Waals surface area (Å²) in [7, 11) is 3.18. The highest BCUT2D eigenvalue weighted by Gasteiger charge is 2.16. The smallest absolute Gasteiger partial charge is 0.253 e. The molecule has 192 valence electrons. The molecule has 0 radical (unpaired) electrons. The highest BCUT2D eigenvalue weighted by Crippen LogP contribution is 2.31. The first-order valence-corrected chi connectivity index (χ1v) is 12.8. The number of aromatic amines is 1. The van der Waals surface area contributed by atoms with Gasteiger partial charge >= 0.3 is 0 Å². The van der Waals surface area contributed by atoms with E-state index >= 15 is 0 Å². The number of aromatic nitrogens is 1. The molecule has 0 fully saturated rings. The van der Waals surface area contributed by atoms with Crippen LogP contribution in [0.15, 0.2) is 71.5 Å². The van der Waals surface area contributed by atoms with Crippen molar-refractivity contribution in [3.05, 3.63) is 99.3 Å². The third-order valence-electron chi connectivity index (χ3n) is 6.47. The molecule has 0 amide bonds. The van der Waals surface area contributed by atoms with E-state index in [4.69, 9.17) is 21.7 Å². The number of nitrogens with zero attached hydrogens (tertiary/aromatic N) is 1. The van der Waals surface area contributed by atoms with Gasteiger partial charge in [-0.15, -0.1) is 0 Å². The van der Waals surface area contributed by atoms with E-state index in [1.54, 1.807) is 20.3 Å². The molecule has 37 heavy (non-hydrogen) atoms. The first-order valence-electron chi connectivity index (χ1n) is 12.4. The van der Waals surface area contributed by atoms with E-state index in [1.165, 1.54) is 16.7 Å². The van der Waals surface area contributed by atoms with Gasteiger partial charge in [0.05, 0.1) is 26.3 Å². The molecule has 6 nitrogen and oxygen atoms in total. The lowest BCUT2D eigenvalue weighted by Gasteiger charge is -2.27. The Hall–Kier alpha value is -3.84. The number of benzene rings is 3. The molecule has 0 atom stereocenters. The van der Waals surface area contributed by atoms with Crippen LogP contribution < -0.4 is 20.3 Å². The molecule has 0 saturated carbocycles. The Labute approximate surface area is 223 Å². The molecule has 3 aromatic carbocycles. The Bertz CT molecular complexity index is 1460. The van der Waals surface area contributed by atoms with Crippen molar-refractivity contribution in [3.8, 4) is 11.5 Å². The van der Waals surface area contributed by atoms with Crippen molar-refractivity contribution in [1.82, 2.24) is 9.88 Å². The van der Waals surface area contributed by atoms with Crippen LogP contribution in [0.25, 0.3) is 10.9 Å². The number of aryl methyl sites for hydroxylation is 2. The Morgan fingerprint density at radius 1 is 0.973 bits per heavy atom. The fourth-order valence-electron chi connectivity index (χ4n) is 4.43. The molecule has 1 aromatic heterocycles. The Morgan fingerprint density at radius 2 is 1.73 bits per heavy atom. The van der Waals surface area contributed by atoms with Crippen LogP contribution in [-0.2, 0) is 19.4 Å². The van der Waals surface area contributed by atoms with Gasteiger partial charge in [-0.1, -0.05) is 55.0 Å².